The van der Waals surface area contributed by atoms with Gasteiger partial charge in [-0.2, -0.15) is 0 Å². The van der Waals surface area contributed by atoms with Crippen LogP contribution in [0.25, 0.3) is 11.1 Å². The van der Waals surface area contributed by atoms with E-state index in [0.717, 1.165) is 29.0 Å². The Balaban J connectivity index is 1.18. The number of nitrogens with one attached hydrogen (secondary N) is 1. The van der Waals surface area contributed by atoms with E-state index in [9.17, 15) is 18.4 Å². The van der Waals surface area contributed by atoms with Gasteiger partial charge in [-0.05, 0) is 72.9 Å². The summed E-state index contributed by atoms with van der Waals surface area (Å²) in [5, 5.41) is 6.02. The molecule has 2 heterocycles. The van der Waals surface area contributed by atoms with Crippen LogP contribution in [0.15, 0.2) is 72.1 Å². The van der Waals surface area contributed by atoms with E-state index < -0.39 is 5.82 Å². The van der Waals surface area contributed by atoms with E-state index in [0.29, 0.717) is 47.9 Å². The summed E-state index contributed by atoms with van der Waals surface area (Å²) in [5.41, 5.74) is 2.86. The van der Waals surface area contributed by atoms with Crippen molar-refractivity contribution in [3.63, 3.8) is 0 Å². The summed E-state index contributed by atoms with van der Waals surface area (Å²) in [5.74, 6) is -0.846. The van der Waals surface area contributed by atoms with Gasteiger partial charge in [0.05, 0.1) is 5.01 Å². The van der Waals surface area contributed by atoms with Gasteiger partial charge in [0.1, 0.15) is 17.3 Å². The Bertz CT molecular complexity index is 1480. The second-order valence-corrected chi connectivity index (χ2v) is 10.8. The number of thiazole rings is 1. The number of anilines is 1. The fraction of sp³-hybridized carbons (Fsp3) is 0.233. The van der Waals surface area contributed by atoms with Crippen LogP contribution in [0.1, 0.15) is 46.2 Å². The molecule has 0 bridgehead atoms. The van der Waals surface area contributed by atoms with Crippen molar-refractivity contribution in [1.82, 2.24) is 9.88 Å². The van der Waals surface area contributed by atoms with Crippen LogP contribution < -0.4 is 5.32 Å². The molecule has 0 radical (unpaired) electrons. The molecule has 9 heteroatoms. The van der Waals surface area contributed by atoms with Gasteiger partial charge in [0.15, 0.2) is 0 Å². The van der Waals surface area contributed by atoms with Crippen molar-refractivity contribution in [3.8, 4) is 11.1 Å². The number of carbonyl (C=O) groups excluding carboxylic acids is 2. The van der Waals surface area contributed by atoms with Gasteiger partial charge in [0, 0.05) is 47.1 Å². The smallest absolute Gasteiger partial charge is 0.275 e. The number of aromatic nitrogens is 1. The van der Waals surface area contributed by atoms with Crippen molar-refractivity contribution in [2.75, 3.05) is 18.4 Å². The van der Waals surface area contributed by atoms with Gasteiger partial charge in [-0.25, -0.2) is 13.8 Å². The van der Waals surface area contributed by atoms with Crippen LogP contribution in [0.3, 0.4) is 0 Å². The van der Waals surface area contributed by atoms with Gasteiger partial charge in [-0.1, -0.05) is 35.9 Å². The summed E-state index contributed by atoms with van der Waals surface area (Å²) in [7, 11) is 0. The summed E-state index contributed by atoms with van der Waals surface area (Å²) < 4.78 is 27.4. The standard InChI is InChI=1S/C30H26ClF2N3O2S/c31-22-7-5-20(6-8-22)25-17-24(33)9-10-26(25)34-29(38)27-18-39-30(35-27)21-12-14-36(15-13-21)28(37)11-4-19-2-1-3-23(32)16-19/h1-3,5-10,16-18,21H,4,11-15H2,(H,34,38). The molecule has 0 saturated carbocycles. The molecule has 2 amide bonds. The minimum atomic E-state index is -0.410. The topological polar surface area (TPSA) is 62.3 Å². The quantitative estimate of drug-likeness (QED) is 0.255. The summed E-state index contributed by atoms with van der Waals surface area (Å²) >= 11 is 7.42. The maximum absolute atomic E-state index is 14.0. The number of aryl methyl sites for hydroxylation is 1. The van der Waals surface area contributed by atoms with Gasteiger partial charge in [0.25, 0.3) is 5.91 Å². The summed E-state index contributed by atoms with van der Waals surface area (Å²) in [6.07, 6.45) is 2.38. The van der Waals surface area contributed by atoms with Crippen molar-refractivity contribution in [2.45, 2.75) is 31.6 Å². The molecular formula is C30H26ClF2N3O2S. The van der Waals surface area contributed by atoms with Crippen molar-refractivity contribution in [2.24, 2.45) is 0 Å². The fourth-order valence-corrected chi connectivity index (χ4v) is 5.83. The molecule has 200 valence electrons. The average molecular weight is 566 g/mol. The SMILES string of the molecule is O=C(Nc1ccc(F)cc1-c1ccc(Cl)cc1)c1csc(C2CCN(C(=O)CCc3cccc(F)c3)CC2)n1. The molecule has 0 unspecified atom stereocenters. The van der Waals surface area contributed by atoms with Crippen LogP contribution in [0, 0.1) is 11.6 Å². The van der Waals surface area contributed by atoms with Crippen molar-refractivity contribution < 1.29 is 18.4 Å². The summed E-state index contributed by atoms with van der Waals surface area (Å²) in [4.78, 5) is 32.1. The summed E-state index contributed by atoms with van der Waals surface area (Å²) in [6.45, 7) is 1.24. The van der Waals surface area contributed by atoms with E-state index in [1.54, 1.807) is 35.7 Å². The molecule has 5 rings (SSSR count). The minimum absolute atomic E-state index is 0.0627. The zero-order valence-electron chi connectivity index (χ0n) is 21.0. The van der Waals surface area contributed by atoms with E-state index in [-0.39, 0.29) is 23.5 Å². The predicted molar refractivity (Wildman–Crippen MR) is 150 cm³/mol. The number of rotatable bonds is 7. The molecule has 1 N–H and O–H groups in total. The normalized spacial score (nSPS) is 13.9. The highest BCUT2D eigenvalue weighted by molar-refractivity contribution is 7.10. The van der Waals surface area contributed by atoms with Crippen LogP contribution in [-0.4, -0.2) is 34.8 Å². The van der Waals surface area contributed by atoms with Crippen LogP contribution in [0.4, 0.5) is 14.5 Å². The highest BCUT2D eigenvalue weighted by atomic mass is 35.5. The number of halogens is 3. The second kappa shape index (κ2) is 12.1. The van der Waals surface area contributed by atoms with Gasteiger partial charge < -0.3 is 10.2 Å². The van der Waals surface area contributed by atoms with Crippen molar-refractivity contribution in [3.05, 3.63) is 105 Å². The number of nitrogens with zero attached hydrogens (tertiary/aromatic N) is 2. The highest BCUT2D eigenvalue weighted by Gasteiger charge is 2.26. The molecule has 1 saturated heterocycles. The summed E-state index contributed by atoms with van der Waals surface area (Å²) in [6, 6.07) is 17.5. The number of piperidine rings is 1. The molecule has 5 nitrogen and oxygen atoms in total. The fourth-order valence-electron chi connectivity index (χ4n) is 4.74. The molecule has 1 aliphatic heterocycles. The van der Waals surface area contributed by atoms with E-state index in [1.165, 1.54) is 41.7 Å². The molecule has 1 aliphatic rings. The molecular weight excluding hydrogens is 540 g/mol. The lowest BCUT2D eigenvalue weighted by Crippen LogP contribution is -2.38. The first-order chi connectivity index (χ1) is 18.9. The van der Waals surface area contributed by atoms with Crippen LogP contribution in [0.5, 0.6) is 0 Å². The largest absolute Gasteiger partial charge is 0.343 e. The zero-order chi connectivity index (χ0) is 27.4. The maximum atomic E-state index is 14.0. The molecule has 1 aromatic heterocycles. The third kappa shape index (κ3) is 6.69. The lowest BCUT2D eigenvalue weighted by molar-refractivity contribution is -0.132. The molecule has 0 spiro atoms. The van der Waals surface area contributed by atoms with Crippen LogP contribution >= 0.6 is 22.9 Å². The number of amides is 2. The van der Waals surface area contributed by atoms with Gasteiger partial charge in [0.2, 0.25) is 5.91 Å². The molecule has 0 atom stereocenters. The van der Waals surface area contributed by atoms with E-state index >= 15 is 0 Å². The number of hydrogen-bond acceptors (Lipinski definition) is 4. The maximum Gasteiger partial charge on any atom is 0.275 e. The minimum Gasteiger partial charge on any atom is -0.343 e. The van der Waals surface area contributed by atoms with Gasteiger partial charge in [-0.3, -0.25) is 9.59 Å². The first kappa shape index (κ1) is 27.0. The first-order valence-electron chi connectivity index (χ1n) is 12.7. The Hall–Kier alpha value is -3.62. The number of benzene rings is 3. The molecule has 39 heavy (non-hydrogen) atoms. The van der Waals surface area contributed by atoms with Gasteiger partial charge >= 0.3 is 0 Å². The van der Waals surface area contributed by atoms with E-state index in [4.69, 9.17) is 11.6 Å². The molecule has 0 aliphatic carbocycles. The second-order valence-electron chi connectivity index (χ2n) is 9.51. The first-order valence-corrected chi connectivity index (χ1v) is 14.0. The Morgan fingerprint density at radius 2 is 1.74 bits per heavy atom. The Morgan fingerprint density at radius 1 is 1.00 bits per heavy atom. The Kier molecular flexibility index (Phi) is 8.33. The van der Waals surface area contributed by atoms with Crippen molar-refractivity contribution >= 4 is 40.4 Å². The third-order valence-corrected chi connectivity index (χ3v) is 8.11. The zero-order valence-corrected chi connectivity index (χ0v) is 22.6. The average Bonchev–Trinajstić information content (AvgIpc) is 3.44. The van der Waals surface area contributed by atoms with Gasteiger partial charge in [-0.15, -0.1) is 11.3 Å². The lowest BCUT2D eigenvalue weighted by Gasteiger charge is -2.31. The highest BCUT2D eigenvalue weighted by Crippen LogP contribution is 2.33. The Labute approximate surface area is 234 Å². The monoisotopic (exact) mass is 565 g/mol. The third-order valence-electron chi connectivity index (χ3n) is 6.85. The Morgan fingerprint density at radius 3 is 2.49 bits per heavy atom. The number of carbonyl (C=O) groups is 2. The predicted octanol–water partition coefficient (Wildman–Crippen LogP) is 7.33. The van der Waals surface area contributed by atoms with Crippen molar-refractivity contribution in [1.29, 1.82) is 0 Å². The van der Waals surface area contributed by atoms with Crippen LogP contribution in [-0.2, 0) is 11.2 Å². The number of hydrogen-bond donors (Lipinski definition) is 1. The van der Waals surface area contributed by atoms with E-state index in [2.05, 4.69) is 10.3 Å². The van der Waals surface area contributed by atoms with Crippen LogP contribution in [0.2, 0.25) is 5.02 Å². The molecule has 4 aromatic rings. The molecule has 1 fully saturated rings. The van der Waals surface area contributed by atoms with E-state index in [1.807, 2.05) is 11.0 Å². The molecule has 3 aromatic carbocycles. The lowest BCUT2D eigenvalue weighted by atomic mass is 9.97. The number of likely N-dealkylation sites (tertiary alicyclic amines) is 1.